The molecular formula is C13H16N2O4. The van der Waals surface area contributed by atoms with Gasteiger partial charge in [0.25, 0.3) is 0 Å². The van der Waals surface area contributed by atoms with Gasteiger partial charge in [-0.25, -0.2) is 9.59 Å². The molecule has 1 aromatic rings. The highest BCUT2D eigenvalue weighted by molar-refractivity contribution is 5.87. The smallest absolute Gasteiger partial charge is 0.411 e. The van der Waals surface area contributed by atoms with E-state index in [-0.39, 0.29) is 0 Å². The van der Waals surface area contributed by atoms with E-state index in [2.05, 4.69) is 20.1 Å². The number of anilines is 1. The summed E-state index contributed by atoms with van der Waals surface area (Å²) >= 11 is 0. The second-order valence-electron chi connectivity index (χ2n) is 3.48. The first-order valence-corrected chi connectivity index (χ1v) is 5.59. The number of carbonyl (C=O) groups excluding carboxylic acids is 2. The van der Waals surface area contributed by atoms with Gasteiger partial charge in [0.2, 0.25) is 0 Å². The zero-order valence-corrected chi connectivity index (χ0v) is 10.8. The minimum absolute atomic E-state index is 0.333. The molecule has 0 saturated heterocycles. The fraction of sp³-hybridized carbons (Fsp3) is 0.231. The minimum atomic E-state index is -0.534. The number of hydrogen-bond donors (Lipinski definition) is 2. The Hall–Kier alpha value is -2.50. The summed E-state index contributed by atoms with van der Waals surface area (Å²) in [7, 11) is 2.60. The van der Waals surface area contributed by atoms with Gasteiger partial charge in [-0.1, -0.05) is 30.4 Å². The molecule has 0 aliphatic rings. The van der Waals surface area contributed by atoms with Gasteiger partial charge in [-0.3, -0.25) is 5.32 Å². The molecule has 0 bridgehead atoms. The monoisotopic (exact) mass is 264 g/mol. The van der Waals surface area contributed by atoms with Crippen molar-refractivity contribution in [3.05, 3.63) is 35.9 Å². The van der Waals surface area contributed by atoms with Gasteiger partial charge >= 0.3 is 12.2 Å². The van der Waals surface area contributed by atoms with Crippen LogP contribution in [0.15, 0.2) is 30.3 Å². The summed E-state index contributed by atoms with van der Waals surface area (Å²) in [4.78, 5) is 22.0. The topological polar surface area (TPSA) is 76.7 Å². The minimum Gasteiger partial charge on any atom is -0.453 e. The Morgan fingerprint density at radius 2 is 1.84 bits per heavy atom. The number of rotatable bonds is 4. The van der Waals surface area contributed by atoms with Gasteiger partial charge in [-0.2, -0.15) is 0 Å². The zero-order chi connectivity index (χ0) is 14.1. The lowest BCUT2D eigenvalue weighted by atomic mass is 10.1. The molecule has 6 heteroatoms. The molecular weight excluding hydrogens is 248 g/mol. The predicted molar refractivity (Wildman–Crippen MR) is 71.9 cm³/mol. The molecule has 0 spiro atoms. The normalized spacial score (nSPS) is 10.0. The largest absolute Gasteiger partial charge is 0.453 e. The number of ether oxygens (including phenoxy) is 2. The maximum absolute atomic E-state index is 11.2. The molecule has 0 aliphatic heterocycles. The highest BCUT2D eigenvalue weighted by Gasteiger charge is 2.03. The Morgan fingerprint density at radius 1 is 1.16 bits per heavy atom. The Balaban J connectivity index is 2.64. The molecule has 0 saturated carbocycles. The van der Waals surface area contributed by atoms with E-state index in [1.807, 2.05) is 12.1 Å². The Labute approximate surface area is 111 Å². The van der Waals surface area contributed by atoms with Crippen LogP contribution in [0, 0.1) is 0 Å². The van der Waals surface area contributed by atoms with E-state index in [1.165, 1.54) is 14.2 Å². The van der Waals surface area contributed by atoms with E-state index in [0.29, 0.717) is 12.2 Å². The number of methoxy groups -OCH3 is 2. The molecule has 102 valence electrons. The van der Waals surface area contributed by atoms with Crippen LogP contribution in [0.3, 0.4) is 0 Å². The number of hydrogen-bond acceptors (Lipinski definition) is 4. The number of nitrogens with one attached hydrogen (secondary N) is 2. The van der Waals surface area contributed by atoms with E-state index >= 15 is 0 Å². The highest BCUT2D eigenvalue weighted by atomic mass is 16.5. The maximum Gasteiger partial charge on any atom is 0.411 e. The average Bonchev–Trinajstić information content (AvgIpc) is 2.44. The van der Waals surface area contributed by atoms with Gasteiger partial charge in [-0.15, -0.1) is 0 Å². The van der Waals surface area contributed by atoms with Gasteiger partial charge in [0.05, 0.1) is 19.9 Å². The van der Waals surface area contributed by atoms with Gasteiger partial charge in [0, 0.05) is 6.54 Å². The van der Waals surface area contributed by atoms with Crippen LogP contribution in [0.1, 0.15) is 5.56 Å². The first-order chi connectivity index (χ1) is 9.17. The molecule has 1 aromatic carbocycles. The summed E-state index contributed by atoms with van der Waals surface area (Å²) < 4.78 is 8.97. The fourth-order valence-electron chi connectivity index (χ4n) is 1.32. The van der Waals surface area contributed by atoms with Crippen LogP contribution < -0.4 is 10.6 Å². The summed E-state index contributed by atoms with van der Waals surface area (Å²) in [5.41, 5.74) is 1.43. The summed E-state index contributed by atoms with van der Waals surface area (Å²) in [5, 5.41) is 5.11. The van der Waals surface area contributed by atoms with Crippen molar-refractivity contribution in [2.75, 3.05) is 26.1 Å². The second kappa shape index (κ2) is 7.75. The molecule has 1 rings (SSSR count). The molecule has 0 radical (unpaired) electrons. The number of amides is 2. The van der Waals surface area contributed by atoms with Crippen molar-refractivity contribution < 1.29 is 19.1 Å². The molecule has 0 aromatic heterocycles. The summed E-state index contributed by atoms with van der Waals surface area (Å²) in [6, 6.07) is 7.23. The Kier molecular flexibility index (Phi) is 5.94. The Bertz CT molecular complexity index is 471. The van der Waals surface area contributed by atoms with Crippen molar-refractivity contribution in [3.8, 4) is 0 Å². The first kappa shape index (κ1) is 14.6. The Morgan fingerprint density at radius 3 is 2.53 bits per heavy atom. The maximum atomic E-state index is 11.2. The SMILES string of the molecule is COC(=O)NC/C=C/c1ccccc1NC(=O)OC. The molecule has 0 heterocycles. The lowest BCUT2D eigenvalue weighted by molar-refractivity contribution is 0.172. The lowest BCUT2D eigenvalue weighted by Crippen LogP contribution is -2.22. The van der Waals surface area contributed by atoms with Gasteiger partial charge in [0.1, 0.15) is 0 Å². The van der Waals surface area contributed by atoms with Crippen molar-refractivity contribution in [1.29, 1.82) is 0 Å². The third kappa shape index (κ3) is 5.12. The van der Waals surface area contributed by atoms with E-state index in [1.54, 1.807) is 24.3 Å². The van der Waals surface area contributed by atoms with Crippen LogP contribution in [0.5, 0.6) is 0 Å². The van der Waals surface area contributed by atoms with Crippen LogP contribution in [0.2, 0.25) is 0 Å². The van der Waals surface area contributed by atoms with Crippen molar-refractivity contribution in [2.24, 2.45) is 0 Å². The number of alkyl carbamates (subject to hydrolysis) is 1. The van der Waals surface area contributed by atoms with Gasteiger partial charge in [-0.05, 0) is 11.6 Å². The summed E-state index contributed by atoms with van der Waals surface area (Å²) in [5.74, 6) is 0. The van der Waals surface area contributed by atoms with Crippen LogP contribution in [0.25, 0.3) is 6.08 Å². The average molecular weight is 264 g/mol. The van der Waals surface area contributed by atoms with E-state index in [0.717, 1.165) is 5.56 Å². The molecule has 2 N–H and O–H groups in total. The molecule has 2 amide bonds. The van der Waals surface area contributed by atoms with Crippen LogP contribution >= 0.6 is 0 Å². The van der Waals surface area contributed by atoms with Crippen LogP contribution in [0.4, 0.5) is 15.3 Å². The van der Waals surface area contributed by atoms with Crippen molar-refractivity contribution in [3.63, 3.8) is 0 Å². The third-order valence-electron chi connectivity index (χ3n) is 2.23. The van der Waals surface area contributed by atoms with E-state index in [4.69, 9.17) is 0 Å². The zero-order valence-electron chi connectivity index (χ0n) is 10.8. The quantitative estimate of drug-likeness (QED) is 0.874. The fourth-order valence-corrected chi connectivity index (χ4v) is 1.32. The molecule has 0 aliphatic carbocycles. The number of para-hydroxylation sites is 1. The summed E-state index contributed by atoms with van der Waals surface area (Å²) in [6.07, 6.45) is 2.50. The lowest BCUT2D eigenvalue weighted by Gasteiger charge is -2.07. The molecule has 0 fully saturated rings. The molecule has 0 atom stereocenters. The first-order valence-electron chi connectivity index (χ1n) is 5.59. The molecule has 0 unspecified atom stereocenters. The van der Waals surface area contributed by atoms with E-state index in [9.17, 15) is 9.59 Å². The predicted octanol–water partition coefficient (Wildman–Crippen LogP) is 2.23. The van der Waals surface area contributed by atoms with Crippen molar-refractivity contribution in [2.45, 2.75) is 0 Å². The van der Waals surface area contributed by atoms with Gasteiger partial charge < -0.3 is 14.8 Å². The van der Waals surface area contributed by atoms with Crippen molar-refractivity contribution >= 4 is 23.9 Å². The molecule has 19 heavy (non-hydrogen) atoms. The number of carbonyl (C=O) groups is 2. The van der Waals surface area contributed by atoms with Crippen LogP contribution in [-0.2, 0) is 9.47 Å². The summed E-state index contributed by atoms with van der Waals surface area (Å²) in [6.45, 7) is 0.333. The number of benzene rings is 1. The third-order valence-corrected chi connectivity index (χ3v) is 2.23. The molecule has 6 nitrogen and oxygen atoms in total. The second-order valence-corrected chi connectivity index (χ2v) is 3.48. The standard InChI is InChI=1S/C13H16N2O4/c1-18-12(16)14-9-5-7-10-6-3-4-8-11(10)15-13(17)19-2/h3-8H,9H2,1-2H3,(H,14,16)(H,15,17)/b7-5+. The van der Waals surface area contributed by atoms with Crippen LogP contribution in [-0.4, -0.2) is 33.0 Å². The van der Waals surface area contributed by atoms with E-state index < -0.39 is 12.2 Å². The van der Waals surface area contributed by atoms with Gasteiger partial charge in [0.15, 0.2) is 0 Å². The highest BCUT2D eigenvalue weighted by Crippen LogP contribution is 2.16. The van der Waals surface area contributed by atoms with Crippen molar-refractivity contribution in [1.82, 2.24) is 5.32 Å².